The van der Waals surface area contributed by atoms with E-state index >= 15 is 0 Å². The number of hydrogen-bond donors (Lipinski definition) is 0. The van der Waals surface area contributed by atoms with Crippen molar-refractivity contribution in [2.45, 2.75) is 39.0 Å². The Hall–Kier alpha value is -0.275. The Morgan fingerprint density at radius 2 is 1.92 bits per heavy atom. The molecule has 0 aromatic carbocycles. The molecule has 0 radical (unpaired) electrons. The molecule has 0 amide bonds. The van der Waals surface area contributed by atoms with Gasteiger partial charge in [-0.3, -0.25) is 0 Å². The highest BCUT2D eigenvalue weighted by atomic mass is 16.6. The van der Waals surface area contributed by atoms with E-state index in [1.54, 1.807) is 0 Å². The molecule has 1 fully saturated rings. The molecule has 0 unspecified atom stereocenters. The average molecular weight is 182 g/mol. The second-order valence-electron chi connectivity index (χ2n) is 3.39. The lowest BCUT2D eigenvalue weighted by Gasteiger charge is -1.96. The molecule has 13 heavy (non-hydrogen) atoms. The second kappa shape index (κ2) is 7.16. The zero-order valence-corrected chi connectivity index (χ0v) is 8.50. The molecule has 1 saturated heterocycles. The van der Waals surface area contributed by atoms with E-state index in [1.165, 1.54) is 25.7 Å². The summed E-state index contributed by atoms with van der Waals surface area (Å²) in [6.45, 7) is 3.71. The van der Waals surface area contributed by atoms with E-state index in [0.717, 1.165) is 19.6 Å². The van der Waals surface area contributed by atoms with Crippen LogP contribution in [0.25, 0.3) is 0 Å². The van der Waals surface area contributed by atoms with Crippen molar-refractivity contribution < 1.29 is 9.31 Å². The highest BCUT2D eigenvalue weighted by molar-refractivity contribution is 6.51. The third-order valence-corrected chi connectivity index (χ3v) is 2.17. The fourth-order valence-electron chi connectivity index (χ4n) is 1.38. The Bertz CT molecular complexity index is 142. The molecular formula is C10H19BO2. The van der Waals surface area contributed by atoms with Gasteiger partial charge in [0.25, 0.3) is 0 Å². The summed E-state index contributed by atoms with van der Waals surface area (Å²) in [7, 11) is -0.0637. The van der Waals surface area contributed by atoms with E-state index in [0.29, 0.717) is 0 Å². The van der Waals surface area contributed by atoms with Crippen molar-refractivity contribution in [3.63, 3.8) is 0 Å². The Labute approximate surface area is 81.4 Å². The molecular weight excluding hydrogens is 163 g/mol. The van der Waals surface area contributed by atoms with Crippen molar-refractivity contribution >= 4 is 7.12 Å². The number of allylic oxidation sites excluding steroid dienone is 1. The predicted molar refractivity (Wildman–Crippen MR) is 55.6 cm³/mol. The first-order valence-electron chi connectivity index (χ1n) is 5.33. The summed E-state index contributed by atoms with van der Waals surface area (Å²) in [6, 6.07) is 0. The van der Waals surface area contributed by atoms with Crippen molar-refractivity contribution in [2.75, 3.05) is 13.2 Å². The smallest absolute Gasteiger partial charge is 0.405 e. The van der Waals surface area contributed by atoms with Crippen molar-refractivity contribution in [2.24, 2.45) is 0 Å². The molecule has 0 aromatic heterocycles. The van der Waals surface area contributed by atoms with Gasteiger partial charge in [0.05, 0.1) is 13.2 Å². The van der Waals surface area contributed by atoms with Crippen LogP contribution in [0.3, 0.4) is 0 Å². The van der Waals surface area contributed by atoms with Crippen molar-refractivity contribution in [1.82, 2.24) is 0 Å². The van der Waals surface area contributed by atoms with Crippen LogP contribution in [0, 0.1) is 0 Å². The molecule has 1 aliphatic rings. The molecule has 0 saturated carbocycles. The van der Waals surface area contributed by atoms with E-state index in [2.05, 4.69) is 13.0 Å². The van der Waals surface area contributed by atoms with Crippen LogP contribution >= 0.6 is 0 Å². The SMILES string of the molecule is CCCCCC/C=C/B1OCCO1. The number of hydrogen-bond acceptors (Lipinski definition) is 2. The van der Waals surface area contributed by atoms with E-state index in [4.69, 9.17) is 9.31 Å². The standard InChI is InChI=1S/C10H19BO2/c1-2-3-4-5-6-7-8-11-12-9-10-13-11/h7-8H,2-6,9-10H2,1H3/b8-7+. The highest BCUT2D eigenvalue weighted by Crippen LogP contribution is 2.05. The molecule has 3 heteroatoms. The van der Waals surface area contributed by atoms with Crippen LogP contribution in [-0.2, 0) is 9.31 Å². The van der Waals surface area contributed by atoms with Crippen LogP contribution in [-0.4, -0.2) is 20.3 Å². The quantitative estimate of drug-likeness (QED) is 0.464. The molecule has 0 aromatic rings. The maximum absolute atomic E-state index is 5.27. The molecule has 74 valence electrons. The first-order valence-corrected chi connectivity index (χ1v) is 5.33. The van der Waals surface area contributed by atoms with Gasteiger partial charge in [0.1, 0.15) is 0 Å². The molecule has 0 bridgehead atoms. The topological polar surface area (TPSA) is 18.5 Å². The monoisotopic (exact) mass is 182 g/mol. The Balaban J connectivity index is 1.91. The molecule has 0 N–H and O–H groups in total. The molecule has 0 spiro atoms. The van der Waals surface area contributed by atoms with Gasteiger partial charge in [0.15, 0.2) is 0 Å². The van der Waals surface area contributed by atoms with Crippen LogP contribution in [0.2, 0.25) is 0 Å². The van der Waals surface area contributed by atoms with Gasteiger partial charge in [-0.2, -0.15) is 0 Å². The summed E-state index contributed by atoms with van der Waals surface area (Å²) in [5, 5.41) is 0. The van der Waals surface area contributed by atoms with Gasteiger partial charge in [0, 0.05) is 0 Å². The summed E-state index contributed by atoms with van der Waals surface area (Å²) < 4.78 is 10.5. The van der Waals surface area contributed by atoms with Gasteiger partial charge in [-0.05, 0) is 12.8 Å². The minimum atomic E-state index is -0.0637. The van der Waals surface area contributed by atoms with Gasteiger partial charge < -0.3 is 9.31 Å². The van der Waals surface area contributed by atoms with Crippen molar-refractivity contribution in [1.29, 1.82) is 0 Å². The predicted octanol–water partition coefficient (Wildman–Crippen LogP) is 2.59. The van der Waals surface area contributed by atoms with Crippen LogP contribution in [0.5, 0.6) is 0 Å². The number of rotatable bonds is 6. The van der Waals surface area contributed by atoms with Crippen molar-refractivity contribution in [3.8, 4) is 0 Å². The van der Waals surface area contributed by atoms with Gasteiger partial charge >= 0.3 is 7.12 Å². The minimum absolute atomic E-state index is 0.0637. The van der Waals surface area contributed by atoms with E-state index < -0.39 is 0 Å². The highest BCUT2D eigenvalue weighted by Gasteiger charge is 2.18. The maximum atomic E-state index is 5.27. The molecule has 1 heterocycles. The third kappa shape index (κ3) is 5.11. The normalized spacial score (nSPS) is 17.5. The Kier molecular flexibility index (Phi) is 5.95. The van der Waals surface area contributed by atoms with Gasteiger partial charge in [0.2, 0.25) is 0 Å². The first kappa shape index (κ1) is 10.8. The minimum Gasteiger partial charge on any atom is -0.405 e. The largest absolute Gasteiger partial charge is 0.485 e. The fourth-order valence-corrected chi connectivity index (χ4v) is 1.38. The lowest BCUT2D eigenvalue weighted by atomic mass is 9.90. The Morgan fingerprint density at radius 1 is 1.15 bits per heavy atom. The van der Waals surface area contributed by atoms with Crippen LogP contribution in [0.15, 0.2) is 12.1 Å². The van der Waals surface area contributed by atoms with Crippen LogP contribution in [0.4, 0.5) is 0 Å². The summed E-state index contributed by atoms with van der Waals surface area (Å²) in [5.41, 5.74) is 0. The summed E-state index contributed by atoms with van der Waals surface area (Å²) >= 11 is 0. The third-order valence-electron chi connectivity index (χ3n) is 2.17. The summed E-state index contributed by atoms with van der Waals surface area (Å²) in [4.78, 5) is 0. The zero-order chi connectivity index (χ0) is 9.36. The van der Waals surface area contributed by atoms with Crippen molar-refractivity contribution in [3.05, 3.63) is 12.1 Å². The van der Waals surface area contributed by atoms with Gasteiger partial charge in [-0.15, -0.1) is 0 Å². The van der Waals surface area contributed by atoms with Crippen LogP contribution < -0.4 is 0 Å². The fraction of sp³-hybridized carbons (Fsp3) is 0.800. The number of unbranched alkanes of at least 4 members (excludes halogenated alkanes) is 4. The van der Waals surface area contributed by atoms with Gasteiger partial charge in [-0.25, -0.2) is 0 Å². The van der Waals surface area contributed by atoms with E-state index in [9.17, 15) is 0 Å². The average Bonchev–Trinajstić information content (AvgIpc) is 2.63. The lowest BCUT2D eigenvalue weighted by molar-refractivity contribution is 0.365. The maximum Gasteiger partial charge on any atom is 0.485 e. The van der Waals surface area contributed by atoms with E-state index in [-0.39, 0.29) is 7.12 Å². The first-order chi connectivity index (χ1) is 6.43. The summed E-state index contributed by atoms with van der Waals surface area (Å²) in [6.07, 6.45) is 8.61. The second-order valence-corrected chi connectivity index (χ2v) is 3.39. The molecule has 0 atom stereocenters. The molecule has 0 aliphatic carbocycles. The molecule has 1 aliphatic heterocycles. The van der Waals surface area contributed by atoms with Crippen LogP contribution in [0.1, 0.15) is 39.0 Å². The van der Waals surface area contributed by atoms with Gasteiger partial charge in [-0.1, -0.05) is 38.2 Å². The summed E-state index contributed by atoms with van der Waals surface area (Å²) in [5.74, 6) is 2.03. The Morgan fingerprint density at radius 3 is 2.62 bits per heavy atom. The van der Waals surface area contributed by atoms with E-state index in [1.807, 2.05) is 5.98 Å². The molecule has 1 rings (SSSR count). The lowest BCUT2D eigenvalue weighted by Crippen LogP contribution is -2.09. The zero-order valence-electron chi connectivity index (χ0n) is 8.50. The molecule has 2 nitrogen and oxygen atoms in total.